The third-order valence-corrected chi connectivity index (χ3v) is 6.30. The Hall–Kier alpha value is -3.85. The van der Waals surface area contributed by atoms with Gasteiger partial charge in [-0.2, -0.15) is 5.10 Å². The largest absolute Gasteiger partial charge is 0.497 e. The second-order valence-corrected chi connectivity index (χ2v) is 8.80. The normalized spacial score (nSPS) is 17.9. The number of aliphatic hydroxyl groups excluding tert-OH is 1. The van der Waals surface area contributed by atoms with Crippen molar-refractivity contribution in [3.8, 4) is 17.2 Å². The Labute approximate surface area is 202 Å². The second kappa shape index (κ2) is 9.79. The predicted molar refractivity (Wildman–Crippen MR) is 132 cm³/mol. The Bertz CT molecular complexity index is 1320. The van der Waals surface area contributed by atoms with Gasteiger partial charge in [0.25, 0.3) is 0 Å². The van der Waals surface area contributed by atoms with Crippen LogP contribution >= 0.6 is 0 Å². The van der Waals surface area contributed by atoms with Crippen LogP contribution in [0.5, 0.6) is 17.2 Å². The molecule has 2 heterocycles. The second-order valence-electron chi connectivity index (χ2n) is 8.80. The summed E-state index contributed by atoms with van der Waals surface area (Å²) in [7, 11) is 1.63. The molecule has 4 aromatic rings. The van der Waals surface area contributed by atoms with Gasteiger partial charge < -0.3 is 25.6 Å². The molecule has 0 atom stereocenters. The van der Waals surface area contributed by atoms with E-state index in [0.717, 1.165) is 37.0 Å². The molecule has 4 N–H and O–H groups in total. The molecular weight excluding hydrogens is 449 g/mol. The summed E-state index contributed by atoms with van der Waals surface area (Å²) in [6.07, 6.45) is 4.50. The molecule has 182 valence electrons. The summed E-state index contributed by atoms with van der Waals surface area (Å²) in [5, 5.41) is 18.9. The van der Waals surface area contributed by atoms with Crippen molar-refractivity contribution in [3.63, 3.8) is 0 Å². The van der Waals surface area contributed by atoms with Gasteiger partial charge in [0.2, 0.25) is 0 Å². The molecule has 0 aliphatic heterocycles. The van der Waals surface area contributed by atoms with Gasteiger partial charge in [0, 0.05) is 30.1 Å². The Kier molecular flexibility index (Phi) is 6.41. The van der Waals surface area contributed by atoms with Gasteiger partial charge >= 0.3 is 0 Å². The first-order valence-electron chi connectivity index (χ1n) is 11.7. The minimum Gasteiger partial charge on any atom is -0.497 e. The lowest BCUT2D eigenvalue weighted by Crippen LogP contribution is -2.28. The van der Waals surface area contributed by atoms with Crippen LogP contribution in [0.25, 0.3) is 11.0 Å². The van der Waals surface area contributed by atoms with Gasteiger partial charge in [-0.05, 0) is 55.5 Å². The number of anilines is 2. The molecular formula is C26H28FN5O3. The number of rotatable bonds is 7. The van der Waals surface area contributed by atoms with Crippen molar-refractivity contribution in [2.45, 2.75) is 44.4 Å². The highest BCUT2D eigenvalue weighted by Gasteiger charge is 2.24. The third-order valence-electron chi connectivity index (χ3n) is 6.30. The van der Waals surface area contributed by atoms with Crippen LogP contribution in [0.3, 0.4) is 0 Å². The molecule has 0 saturated heterocycles. The summed E-state index contributed by atoms with van der Waals surface area (Å²) in [6.45, 7) is 0.484. The van der Waals surface area contributed by atoms with E-state index in [4.69, 9.17) is 20.3 Å². The number of nitrogens with one attached hydrogen (secondary N) is 1. The SMILES string of the molecule is COc1ccc(Cn2nc(NC3CCC(O)CC3)c3c(Oc4ccc(N)cc4F)ccnc32)cc1. The number of hydrogen-bond acceptors (Lipinski definition) is 7. The summed E-state index contributed by atoms with van der Waals surface area (Å²) in [6, 6.07) is 14.0. The first-order valence-corrected chi connectivity index (χ1v) is 11.7. The number of benzene rings is 2. The van der Waals surface area contributed by atoms with Gasteiger partial charge in [-0.3, -0.25) is 0 Å². The van der Waals surface area contributed by atoms with Crippen LogP contribution in [-0.2, 0) is 6.54 Å². The van der Waals surface area contributed by atoms with Crippen molar-refractivity contribution in [1.29, 1.82) is 0 Å². The fourth-order valence-electron chi connectivity index (χ4n) is 4.40. The molecule has 1 aliphatic carbocycles. The van der Waals surface area contributed by atoms with Crippen molar-refractivity contribution in [2.75, 3.05) is 18.2 Å². The highest BCUT2D eigenvalue weighted by Crippen LogP contribution is 2.36. The number of pyridine rings is 1. The zero-order chi connectivity index (χ0) is 24.4. The van der Waals surface area contributed by atoms with E-state index in [0.29, 0.717) is 34.8 Å². The third kappa shape index (κ3) is 5.00. The van der Waals surface area contributed by atoms with E-state index in [-0.39, 0.29) is 17.9 Å². The minimum atomic E-state index is -0.545. The molecule has 0 amide bonds. The number of fused-ring (bicyclic) bond motifs is 1. The van der Waals surface area contributed by atoms with Crippen LogP contribution in [0.15, 0.2) is 54.7 Å². The monoisotopic (exact) mass is 477 g/mol. The number of methoxy groups -OCH3 is 1. The van der Waals surface area contributed by atoms with Crippen molar-refractivity contribution in [2.24, 2.45) is 0 Å². The quantitative estimate of drug-likeness (QED) is 0.331. The Morgan fingerprint density at radius 3 is 2.57 bits per heavy atom. The van der Waals surface area contributed by atoms with Gasteiger partial charge in [0.05, 0.1) is 19.8 Å². The molecule has 9 heteroatoms. The number of ether oxygens (including phenoxy) is 2. The van der Waals surface area contributed by atoms with E-state index in [1.807, 2.05) is 28.9 Å². The molecule has 8 nitrogen and oxygen atoms in total. The lowest BCUT2D eigenvalue weighted by Gasteiger charge is -2.26. The van der Waals surface area contributed by atoms with Gasteiger partial charge in [0.1, 0.15) is 16.9 Å². The van der Waals surface area contributed by atoms with Crippen molar-refractivity contribution < 1.29 is 19.0 Å². The number of nitrogens with zero attached hydrogens (tertiary/aromatic N) is 3. The van der Waals surface area contributed by atoms with Crippen LogP contribution in [0.4, 0.5) is 15.9 Å². The van der Waals surface area contributed by atoms with E-state index >= 15 is 0 Å². The first kappa shape index (κ1) is 22.9. The lowest BCUT2D eigenvalue weighted by atomic mass is 9.93. The molecule has 1 fully saturated rings. The molecule has 5 rings (SSSR count). The van der Waals surface area contributed by atoms with Gasteiger partial charge in [-0.1, -0.05) is 12.1 Å². The van der Waals surface area contributed by atoms with Crippen LogP contribution in [0, 0.1) is 5.82 Å². The predicted octanol–water partition coefficient (Wildman–Crippen LogP) is 4.72. The zero-order valence-corrected chi connectivity index (χ0v) is 19.4. The number of nitrogen functional groups attached to an aromatic ring is 1. The maximum atomic E-state index is 14.5. The van der Waals surface area contributed by atoms with E-state index in [1.54, 1.807) is 25.4 Å². The molecule has 0 bridgehead atoms. The summed E-state index contributed by atoms with van der Waals surface area (Å²) in [5.41, 5.74) is 7.66. The van der Waals surface area contributed by atoms with Gasteiger partial charge in [-0.15, -0.1) is 0 Å². The fraction of sp³-hybridized carbons (Fsp3) is 0.308. The summed E-state index contributed by atoms with van der Waals surface area (Å²) in [5.74, 6) is 1.37. The molecule has 35 heavy (non-hydrogen) atoms. The standard InChI is InChI=1S/C26H28FN5O3/c1-34-20-9-2-16(3-10-20)15-32-26-24(25(31-32)30-18-5-7-19(33)8-6-18)23(12-13-29-26)35-22-11-4-17(28)14-21(22)27/h2-4,9-14,18-19,33H,5-8,15,28H2,1H3,(H,30,31). The highest BCUT2D eigenvalue weighted by atomic mass is 19.1. The van der Waals surface area contributed by atoms with Crippen molar-refractivity contribution in [1.82, 2.24) is 14.8 Å². The number of hydrogen-bond donors (Lipinski definition) is 3. The van der Waals surface area contributed by atoms with Crippen LogP contribution < -0.4 is 20.5 Å². The minimum absolute atomic E-state index is 0.0707. The molecule has 0 unspecified atom stereocenters. The topological polar surface area (TPSA) is 107 Å². The Morgan fingerprint density at radius 2 is 1.86 bits per heavy atom. The number of halogens is 1. The lowest BCUT2D eigenvalue weighted by molar-refractivity contribution is 0.126. The highest BCUT2D eigenvalue weighted by molar-refractivity contribution is 5.93. The molecule has 2 aromatic carbocycles. The van der Waals surface area contributed by atoms with E-state index in [2.05, 4.69) is 10.3 Å². The molecule has 1 aliphatic rings. The van der Waals surface area contributed by atoms with Crippen molar-refractivity contribution >= 4 is 22.5 Å². The van der Waals surface area contributed by atoms with Crippen molar-refractivity contribution in [3.05, 3.63) is 66.1 Å². The summed E-state index contributed by atoms with van der Waals surface area (Å²) < 4.78 is 27.6. The first-order chi connectivity index (χ1) is 17.0. The van der Waals surface area contributed by atoms with Gasteiger partial charge in [-0.25, -0.2) is 14.1 Å². The smallest absolute Gasteiger partial charge is 0.167 e. The molecule has 1 saturated carbocycles. The zero-order valence-electron chi connectivity index (χ0n) is 19.4. The molecule has 0 spiro atoms. The van der Waals surface area contributed by atoms with Gasteiger partial charge in [0.15, 0.2) is 23.0 Å². The number of aliphatic hydroxyl groups is 1. The number of aromatic nitrogens is 3. The average molecular weight is 478 g/mol. The maximum absolute atomic E-state index is 14.5. The average Bonchev–Trinajstić information content (AvgIpc) is 3.20. The molecule has 2 aromatic heterocycles. The van der Waals surface area contributed by atoms with E-state index in [9.17, 15) is 9.50 Å². The van der Waals surface area contributed by atoms with Crippen LogP contribution in [0.2, 0.25) is 0 Å². The van der Waals surface area contributed by atoms with Crippen LogP contribution in [0.1, 0.15) is 31.2 Å². The Morgan fingerprint density at radius 1 is 1.09 bits per heavy atom. The molecule has 0 radical (unpaired) electrons. The summed E-state index contributed by atoms with van der Waals surface area (Å²) >= 11 is 0. The van der Waals surface area contributed by atoms with E-state index in [1.165, 1.54) is 12.1 Å². The fourth-order valence-corrected chi connectivity index (χ4v) is 4.40. The maximum Gasteiger partial charge on any atom is 0.167 e. The Balaban J connectivity index is 1.53. The number of nitrogens with two attached hydrogens (primary N) is 1. The summed E-state index contributed by atoms with van der Waals surface area (Å²) in [4.78, 5) is 4.58. The van der Waals surface area contributed by atoms with E-state index < -0.39 is 5.82 Å². The van der Waals surface area contributed by atoms with Crippen LogP contribution in [-0.4, -0.2) is 39.1 Å².